The summed E-state index contributed by atoms with van der Waals surface area (Å²) < 4.78 is 0. The fourth-order valence-corrected chi connectivity index (χ4v) is 3.51. The molecule has 1 saturated heterocycles. The molecule has 0 aromatic heterocycles. The second kappa shape index (κ2) is 8.72. The molecule has 8 heteroatoms. The summed E-state index contributed by atoms with van der Waals surface area (Å²) in [4.78, 5) is 39.8. The Hall–Kier alpha value is -3.42. The standard InChI is InChI=1S/C21H24N4O4/c1-23(2)19-11-10-17(25(28)29)13-18(19)21(27)24-12-6-7-15(14-24)20(26)22-16-8-4-3-5-9-16/h3-5,8-11,13,15H,6-7,12,14H2,1-2H3,(H,22,26)/t15-/m1/s1. The Kier molecular flexibility index (Phi) is 6.11. The summed E-state index contributed by atoms with van der Waals surface area (Å²) in [6.07, 6.45) is 1.39. The highest BCUT2D eigenvalue weighted by Gasteiger charge is 2.31. The Bertz CT molecular complexity index is 914. The molecule has 8 nitrogen and oxygen atoms in total. The Labute approximate surface area is 169 Å². The summed E-state index contributed by atoms with van der Waals surface area (Å²) in [5, 5.41) is 14.1. The molecule has 0 radical (unpaired) electrons. The number of anilines is 2. The van der Waals surface area contributed by atoms with Crippen LogP contribution in [0.5, 0.6) is 0 Å². The topological polar surface area (TPSA) is 95.8 Å². The van der Waals surface area contributed by atoms with Crippen molar-refractivity contribution >= 4 is 28.9 Å². The van der Waals surface area contributed by atoms with Gasteiger partial charge in [-0.15, -0.1) is 0 Å². The number of nitro groups is 1. The summed E-state index contributed by atoms with van der Waals surface area (Å²) in [6.45, 7) is 0.802. The molecule has 29 heavy (non-hydrogen) atoms. The molecule has 2 aromatic rings. The van der Waals surface area contributed by atoms with Crippen molar-refractivity contribution < 1.29 is 14.5 Å². The number of hydrogen-bond acceptors (Lipinski definition) is 5. The SMILES string of the molecule is CN(C)c1ccc([N+](=O)[O-])cc1C(=O)N1CCC[C@@H](C(=O)Nc2ccccc2)C1. The smallest absolute Gasteiger partial charge is 0.270 e. The zero-order valence-electron chi connectivity index (χ0n) is 16.5. The fourth-order valence-electron chi connectivity index (χ4n) is 3.51. The van der Waals surface area contributed by atoms with Gasteiger partial charge in [0.25, 0.3) is 11.6 Å². The van der Waals surface area contributed by atoms with Gasteiger partial charge in [-0.3, -0.25) is 19.7 Å². The maximum Gasteiger partial charge on any atom is 0.270 e. The maximum absolute atomic E-state index is 13.2. The fraction of sp³-hybridized carbons (Fsp3) is 0.333. The highest BCUT2D eigenvalue weighted by molar-refractivity contribution is 6.01. The van der Waals surface area contributed by atoms with E-state index in [0.29, 0.717) is 25.1 Å². The predicted octanol–water partition coefficient (Wildman–Crippen LogP) is 3.15. The van der Waals surface area contributed by atoms with Crippen LogP contribution in [-0.2, 0) is 4.79 Å². The van der Waals surface area contributed by atoms with E-state index < -0.39 is 4.92 Å². The van der Waals surface area contributed by atoms with Gasteiger partial charge in [-0.05, 0) is 31.0 Å². The molecule has 1 atom stereocenters. The van der Waals surface area contributed by atoms with E-state index in [1.165, 1.54) is 12.1 Å². The minimum atomic E-state index is -0.511. The second-order valence-electron chi connectivity index (χ2n) is 7.30. The predicted molar refractivity (Wildman–Crippen MR) is 111 cm³/mol. The number of nitrogens with zero attached hydrogens (tertiary/aromatic N) is 3. The Morgan fingerprint density at radius 3 is 2.55 bits per heavy atom. The van der Waals surface area contributed by atoms with Crippen LogP contribution in [0.2, 0.25) is 0 Å². The first-order valence-corrected chi connectivity index (χ1v) is 9.47. The Morgan fingerprint density at radius 1 is 1.17 bits per heavy atom. The average Bonchev–Trinajstić information content (AvgIpc) is 2.73. The third-order valence-corrected chi connectivity index (χ3v) is 5.02. The van der Waals surface area contributed by atoms with E-state index in [9.17, 15) is 19.7 Å². The number of carbonyl (C=O) groups is 2. The quantitative estimate of drug-likeness (QED) is 0.619. The van der Waals surface area contributed by atoms with Gasteiger partial charge in [0.1, 0.15) is 0 Å². The molecular weight excluding hydrogens is 372 g/mol. The van der Waals surface area contributed by atoms with Crippen LogP contribution in [0.15, 0.2) is 48.5 Å². The van der Waals surface area contributed by atoms with Crippen molar-refractivity contribution in [3.8, 4) is 0 Å². The lowest BCUT2D eigenvalue weighted by atomic mass is 9.96. The molecule has 1 N–H and O–H groups in total. The third kappa shape index (κ3) is 4.71. The van der Waals surface area contributed by atoms with E-state index >= 15 is 0 Å². The van der Waals surface area contributed by atoms with Gasteiger partial charge in [-0.2, -0.15) is 0 Å². The summed E-state index contributed by atoms with van der Waals surface area (Å²) >= 11 is 0. The number of carbonyl (C=O) groups excluding carboxylic acids is 2. The Morgan fingerprint density at radius 2 is 1.90 bits per heavy atom. The van der Waals surface area contributed by atoms with Crippen molar-refractivity contribution in [2.75, 3.05) is 37.4 Å². The number of nitrogens with one attached hydrogen (secondary N) is 1. The van der Waals surface area contributed by atoms with E-state index in [-0.39, 0.29) is 35.5 Å². The molecule has 2 aromatic carbocycles. The number of rotatable bonds is 5. The van der Waals surface area contributed by atoms with Crippen molar-refractivity contribution in [2.24, 2.45) is 5.92 Å². The first-order chi connectivity index (χ1) is 13.9. The molecule has 1 fully saturated rings. The molecule has 1 heterocycles. The van der Waals surface area contributed by atoms with Crippen LogP contribution in [0.25, 0.3) is 0 Å². The average molecular weight is 396 g/mol. The van der Waals surface area contributed by atoms with Crippen molar-refractivity contribution in [3.63, 3.8) is 0 Å². The van der Waals surface area contributed by atoms with Gasteiger partial charge in [-0.25, -0.2) is 0 Å². The monoisotopic (exact) mass is 396 g/mol. The van der Waals surface area contributed by atoms with Gasteiger partial charge in [0.2, 0.25) is 5.91 Å². The van der Waals surface area contributed by atoms with Gasteiger partial charge in [0.15, 0.2) is 0 Å². The van der Waals surface area contributed by atoms with Gasteiger partial charge >= 0.3 is 0 Å². The van der Waals surface area contributed by atoms with Gasteiger partial charge in [0.05, 0.1) is 16.4 Å². The van der Waals surface area contributed by atoms with Crippen molar-refractivity contribution in [2.45, 2.75) is 12.8 Å². The van der Waals surface area contributed by atoms with Crippen molar-refractivity contribution in [1.82, 2.24) is 4.90 Å². The van der Waals surface area contributed by atoms with E-state index in [4.69, 9.17) is 0 Å². The minimum Gasteiger partial charge on any atom is -0.377 e. The summed E-state index contributed by atoms with van der Waals surface area (Å²) in [7, 11) is 3.56. The number of benzene rings is 2. The van der Waals surface area contributed by atoms with Crippen LogP contribution >= 0.6 is 0 Å². The molecule has 3 rings (SSSR count). The lowest BCUT2D eigenvalue weighted by Gasteiger charge is -2.33. The largest absolute Gasteiger partial charge is 0.377 e. The van der Waals surface area contributed by atoms with Crippen LogP contribution < -0.4 is 10.2 Å². The van der Waals surface area contributed by atoms with E-state index in [0.717, 1.165) is 5.69 Å². The normalized spacial score (nSPS) is 16.2. The van der Waals surface area contributed by atoms with Crippen LogP contribution in [0.4, 0.5) is 17.1 Å². The van der Waals surface area contributed by atoms with E-state index in [2.05, 4.69) is 5.32 Å². The molecule has 0 aliphatic carbocycles. The Balaban J connectivity index is 1.78. The highest BCUT2D eigenvalue weighted by Crippen LogP contribution is 2.28. The van der Waals surface area contributed by atoms with Crippen molar-refractivity contribution in [1.29, 1.82) is 0 Å². The number of para-hydroxylation sites is 1. The van der Waals surface area contributed by atoms with Crippen LogP contribution in [0, 0.1) is 16.0 Å². The molecule has 1 aliphatic rings. The van der Waals surface area contributed by atoms with E-state index in [1.807, 2.05) is 30.3 Å². The number of likely N-dealkylation sites (tertiary alicyclic amines) is 1. The number of piperidine rings is 1. The summed E-state index contributed by atoms with van der Waals surface area (Å²) in [5.74, 6) is -0.746. The number of amides is 2. The third-order valence-electron chi connectivity index (χ3n) is 5.02. The molecule has 1 aliphatic heterocycles. The van der Waals surface area contributed by atoms with Crippen LogP contribution in [-0.4, -0.2) is 48.8 Å². The second-order valence-corrected chi connectivity index (χ2v) is 7.30. The first kappa shape index (κ1) is 20.3. The van der Waals surface area contributed by atoms with Gasteiger partial charge in [0, 0.05) is 50.7 Å². The molecular formula is C21H24N4O4. The maximum atomic E-state index is 13.2. The number of hydrogen-bond donors (Lipinski definition) is 1. The molecule has 2 amide bonds. The van der Waals surface area contributed by atoms with Crippen LogP contribution in [0.1, 0.15) is 23.2 Å². The molecule has 0 bridgehead atoms. The zero-order valence-corrected chi connectivity index (χ0v) is 16.5. The molecule has 152 valence electrons. The molecule has 0 unspecified atom stereocenters. The van der Waals surface area contributed by atoms with Gasteiger partial charge in [-0.1, -0.05) is 18.2 Å². The van der Waals surface area contributed by atoms with Crippen LogP contribution in [0.3, 0.4) is 0 Å². The zero-order chi connectivity index (χ0) is 21.0. The lowest BCUT2D eigenvalue weighted by Crippen LogP contribution is -2.44. The summed E-state index contributed by atoms with van der Waals surface area (Å²) in [6, 6.07) is 13.5. The number of nitro benzene ring substituents is 1. The minimum absolute atomic E-state index is 0.124. The molecule has 0 spiro atoms. The summed E-state index contributed by atoms with van der Waals surface area (Å²) in [5.41, 5.74) is 1.47. The van der Waals surface area contributed by atoms with E-state index in [1.54, 1.807) is 30.0 Å². The highest BCUT2D eigenvalue weighted by atomic mass is 16.6. The van der Waals surface area contributed by atoms with Gasteiger partial charge < -0.3 is 15.1 Å². The number of non-ortho nitro benzene ring substituents is 1. The first-order valence-electron chi connectivity index (χ1n) is 9.47. The molecule has 0 saturated carbocycles. The lowest BCUT2D eigenvalue weighted by molar-refractivity contribution is -0.384. The van der Waals surface area contributed by atoms with Crippen molar-refractivity contribution in [3.05, 3.63) is 64.2 Å².